The van der Waals surface area contributed by atoms with Crippen LogP contribution in [0.1, 0.15) is 16.8 Å². The summed E-state index contributed by atoms with van der Waals surface area (Å²) in [6.07, 6.45) is -2.98. The smallest absolute Gasteiger partial charge is 0.431 e. The number of halogens is 4. The topological polar surface area (TPSA) is 94.1 Å². The molecule has 0 bridgehead atoms. The van der Waals surface area contributed by atoms with E-state index in [1.807, 2.05) is 0 Å². The summed E-state index contributed by atoms with van der Waals surface area (Å²) in [5.74, 6) is -1.98. The lowest BCUT2D eigenvalue weighted by molar-refractivity contribution is -0.144. The molecule has 0 unspecified atom stereocenters. The lowest BCUT2D eigenvalue weighted by Gasteiger charge is -2.14. The first kappa shape index (κ1) is 20.6. The molecule has 0 amide bonds. The second-order valence-corrected chi connectivity index (χ2v) is 5.40. The Balaban J connectivity index is 2.80. The molecular weight excluding hydrogens is 386 g/mol. The lowest BCUT2D eigenvalue weighted by Crippen LogP contribution is -2.41. The van der Waals surface area contributed by atoms with Crippen molar-refractivity contribution >= 4 is 12.0 Å². The molecule has 7 nitrogen and oxygen atoms in total. The predicted octanol–water partition coefficient (Wildman–Crippen LogP) is 1.75. The Labute approximate surface area is 154 Å². The summed E-state index contributed by atoms with van der Waals surface area (Å²) in [5.41, 5.74) is -5.33. The molecule has 2 aromatic rings. The van der Waals surface area contributed by atoms with E-state index in [0.29, 0.717) is 6.07 Å². The van der Waals surface area contributed by atoms with E-state index in [1.54, 1.807) is 6.07 Å². The molecule has 0 atom stereocenters. The van der Waals surface area contributed by atoms with Crippen LogP contribution in [0.25, 0.3) is 11.8 Å². The number of esters is 1. The highest BCUT2D eigenvalue weighted by molar-refractivity contribution is 5.87. The number of carbonyl (C=O) groups is 1. The van der Waals surface area contributed by atoms with Crippen LogP contribution in [-0.4, -0.2) is 22.2 Å². The van der Waals surface area contributed by atoms with E-state index in [1.165, 1.54) is 0 Å². The highest BCUT2D eigenvalue weighted by Crippen LogP contribution is 2.27. The van der Waals surface area contributed by atoms with Gasteiger partial charge in [0, 0.05) is 19.2 Å². The zero-order valence-electron chi connectivity index (χ0n) is 14.4. The standard InChI is InChI=1S/C17H11F4N3O4/c1-23-13(17(19,20)21)7-14(25)24(16(23)27)12-6-9(3-4-15(26)28-2)10(8-22)5-11(12)18/h3-7H,1-2H3/b4-3+. The van der Waals surface area contributed by atoms with Gasteiger partial charge in [0.05, 0.1) is 24.4 Å². The van der Waals surface area contributed by atoms with Crippen LogP contribution in [-0.2, 0) is 22.8 Å². The van der Waals surface area contributed by atoms with E-state index in [2.05, 4.69) is 4.74 Å². The third-order valence-electron chi connectivity index (χ3n) is 3.69. The normalized spacial score (nSPS) is 11.5. The van der Waals surface area contributed by atoms with Crippen LogP contribution in [0, 0.1) is 17.1 Å². The fourth-order valence-corrected chi connectivity index (χ4v) is 2.33. The van der Waals surface area contributed by atoms with Crippen molar-refractivity contribution in [3.63, 3.8) is 0 Å². The Morgan fingerprint density at radius 2 is 1.89 bits per heavy atom. The minimum Gasteiger partial charge on any atom is -0.466 e. The fraction of sp³-hybridized carbons (Fsp3) is 0.176. The Bertz CT molecular complexity index is 1140. The molecule has 0 aliphatic carbocycles. The first-order valence-corrected chi connectivity index (χ1v) is 7.41. The second-order valence-electron chi connectivity index (χ2n) is 5.40. The van der Waals surface area contributed by atoms with Gasteiger partial charge >= 0.3 is 17.8 Å². The maximum absolute atomic E-state index is 14.4. The van der Waals surface area contributed by atoms with Crippen molar-refractivity contribution in [2.24, 2.45) is 7.05 Å². The maximum Gasteiger partial charge on any atom is 0.431 e. The number of hydrogen-bond acceptors (Lipinski definition) is 5. The minimum absolute atomic E-state index is 0.0573. The van der Waals surface area contributed by atoms with Crippen molar-refractivity contribution in [3.8, 4) is 11.8 Å². The van der Waals surface area contributed by atoms with Crippen molar-refractivity contribution in [2.75, 3.05) is 7.11 Å². The number of rotatable bonds is 3. The molecule has 0 fully saturated rings. The molecule has 0 aliphatic rings. The van der Waals surface area contributed by atoms with Crippen molar-refractivity contribution in [2.45, 2.75) is 6.18 Å². The van der Waals surface area contributed by atoms with Crippen LogP contribution >= 0.6 is 0 Å². The Hall–Kier alpha value is -3.68. The summed E-state index contributed by atoms with van der Waals surface area (Å²) in [6, 6.07) is 3.40. The number of benzene rings is 1. The van der Waals surface area contributed by atoms with Gasteiger partial charge in [0.2, 0.25) is 0 Å². The van der Waals surface area contributed by atoms with Gasteiger partial charge in [-0.15, -0.1) is 0 Å². The maximum atomic E-state index is 14.4. The lowest BCUT2D eigenvalue weighted by atomic mass is 10.1. The van der Waals surface area contributed by atoms with Crippen LogP contribution < -0.4 is 11.2 Å². The number of alkyl halides is 3. The summed E-state index contributed by atoms with van der Waals surface area (Å²) in [7, 11) is 1.88. The van der Waals surface area contributed by atoms with Gasteiger partial charge in [-0.25, -0.2) is 18.5 Å². The molecule has 0 N–H and O–H groups in total. The van der Waals surface area contributed by atoms with Gasteiger partial charge in [0.25, 0.3) is 5.56 Å². The third kappa shape index (κ3) is 3.85. The Morgan fingerprint density at radius 1 is 1.25 bits per heavy atom. The van der Waals surface area contributed by atoms with E-state index >= 15 is 0 Å². The van der Waals surface area contributed by atoms with Crippen molar-refractivity contribution in [1.82, 2.24) is 9.13 Å². The molecule has 0 aliphatic heterocycles. The Kier molecular flexibility index (Phi) is 5.54. The van der Waals surface area contributed by atoms with Gasteiger partial charge < -0.3 is 4.74 Å². The van der Waals surface area contributed by atoms with Crippen LogP contribution in [0.5, 0.6) is 0 Å². The van der Waals surface area contributed by atoms with Crippen LogP contribution in [0.3, 0.4) is 0 Å². The average molecular weight is 397 g/mol. The summed E-state index contributed by atoms with van der Waals surface area (Å²) in [6.45, 7) is 0. The number of carbonyl (C=O) groups excluding carboxylic acids is 1. The second kappa shape index (κ2) is 7.51. The summed E-state index contributed by atoms with van der Waals surface area (Å²) < 4.78 is 57.9. The van der Waals surface area contributed by atoms with E-state index in [0.717, 1.165) is 32.4 Å². The van der Waals surface area contributed by atoms with Gasteiger partial charge in [-0.05, 0) is 23.8 Å². The number of nitrogens with zero attached hydrogens (tertiary/aromatic N) is 3. The minimum atomic E-state index is -4.97. The first-order valence-electron chi connectivity index (χ1n) is 7.41. The number of aromatic nitrogens is 2. The number of nitriles is 1. The zero-order valence-corrected chi connectivity index (χ0v) is 14.4. The molecule has 1 heterocycles. The largest absolute Gasteiger partial charge is 0.466 e. The number of hydrogen-bond donors (Lipinski definition) is 0. The van der Waals surface area contributed by atoms with Crippen molar-refractivity contribution in [3.05, 3.63) is 67.8 Å². The fourth-order valence-electron chi connectivity index (χ4n) is 2.33. The summed E-state index contributed by atoms with van der Waals surface area (Å²) in [5, 5.41) is 9.08. The van der Waals surface area contributed by atoms with Crippen LogP contribution in [0.4, 0.5) is 17.6 Å². The predicted molar refractivity (Wildman–Crippen MR) is 88.0 cm³/mol. The highest BCUT2D eigenvalue weighted by atomic mass is 19.4. The average Bonchev–Trinajstić information content (AvgIpc) is 2.63. The van der Waals surface area contributed by atoms with Crippen molar-refractivity contribution < 1.29 is 27.1 Å². The molecule has 11 heteroatoms. The van der Waals surface area contributed by atoms with Gasteiger partial charge in [-0.2, -0.15) is 18.4 Å². The molecular formula is C17H11F4N3O4. The number of methoxy groups -OCH3 is 1. The number of ether oxygens (including phenoxy) is 1. The van der Waals surface area contributed by atoms with Gasteiger partial charge in [-0.3, -0.25) is 9.36 Å². The van der Waals surface area contributed by atoms with Gasteiger partial charge in [0.15, 0.2) is 0 Å². The molecule has 1 aromatic heterocycles. The van der Waals surface area contributed by atoms with Gasteiger partial charge in [-0.1, -0.05) is 0 Å². The SMILES string of the molecule is COC(=O)/C=C/c1cc(-n2c(=O)cc(C(F)(F)F)n(C)c2=O)c(F)cc1C#N. The van der Waals surface area contributed by atoms with E-state index < -0.39 is 40.6 Å². The highest BCUT2D eigenvalue weighted by Gasteiger charge is 2.35. The molecule has 0 saturated carbocycles. The molecule has 28 heavy (non-hydrogen) atoms. The van der Waals surface area contributed by atoms with Crippen LogP contribution in [0.15, 0.2) is 33.9 Å². The molecule has 1 aromatic carbocycles. The Morgan fingerprint density at radius 3 is 2.43 bits per heavy atom. The molecule has 0 spiro atoms. The third-order valence-corrected chi connectivity index (χ3v) is 3.69. The van der Waals surface area contributed by atoms with Crippen molar-refractivity contribution in [1.29, 1.82) is 5.26 Å². The zero-order chi connectivity index (χ0) is 21.2. The van der Waals surface area contributed by atoms with Gasteiger partial charge in [0.1, 0.15) is 11.5 Å². The van der Waals surface area contributed by atoms with Crippen LogP contribution in [0.2, 0.25) is 0 Å². The van der Waals surface area contributed by atoms with E-state index in [9.17, 15) is 31.9 Å². The summed E-state index contributed by atoms with van der Waals surface area (Å²) in [4.78, 5) is 35.6. The first-order chi connectivity index (χ1) is 13.0. The summed E-state index contributed by atoms with van der Waals surface area (Å²) >= 11 is 0. The van der Waals surface area contributed by atoms with E-state index in [-0.39, 0.29) is 26.3 Å². The quantitative estimate of drug-likeness (QED) is 0.447. The molecule has 146 valence electrons. The monoisotopic (exact) mass is 397 g/mol. The molecule has 0 saturated heterocycles. The molecule has 0 radical (unpaired) electrons. The molecule has 2 rings (SSSR count). The van der Waals surface area contributed by atoms with E-state index in [4.69, 9.17) is 5.26 Å².